The third-order valence-electron chi connectivity index (χ3n) is 4.87. The van der Waals surface area contributed by atoms with E-state index in [0.717, 1.165) is 23.1 Å². The molecule has 1 aliphatic heterocycles. The van der Waals surface area contributed by atoms with Gasteiger partial charge >= 0.3 is 0 Å². The lowest BCUT2D eigenvalue weighted by Gasteiger charge is -2.23. The van der Waals surface area contributed by atoms with Gasteiger partial charge in [0.2, 0.25) is 0 Å². The van der Waals surface area contributed by atoms with Crippen molar-refractivity contribution in [2.45, 2.75) is 27.2 Å². The summed E-state index contributed by atoms with van der Waals surface area (Å²) in [5.41, 5.74) is 4.08. The summed E-state index contributed by atoms with van der Waals surface area (Å²) < 4.78 is 5.20. The van der Waals surface area contributed by atoms with E-state index in [1.807, 2.05) is 24.8 Å². The van der Waals surface area contributed by atoms with Crippen LogP contribution in [-0.2, 0) is 0 Å². The number of nitrogens with zero attached hydrogens (tertiary/aromatic N) is 2. The van der Waals surface area contributed by atoms with Crippen molar-refractivity contribution in [1.82, 2.24) is 9.80 Å². The Morgan fingerprint density at radius 2 is 1.52 bits per heavy atom. The SMILES string of the molecule is Cc1cc(C)c(C(=O)N2CCCN(C(=O)c3ccco3)CC2)cc1C. The standard InChI is InChI=1S/C20H24N2O3/c1-14-12-16(3)17(13-15(14)2)19(23)21-7-5-8-22(10-9-21)20(24)18-6-4-11-25-18/h4,6,11-13H,5,7-10H2,1-3H3. The van der Waals surface area contributed by atoms with Gasteiger partial charge < -0.3 is 14.2 Å². The van der Waals surface area contributed by atoms with Crippen LogP contribution in [0.25, 0.3) is 0 Å². The molecule has 25 heavy (non-hydrogen) atoms. The predicted octanol–water partition coefficient (Wildman–Crippen LogP) is 3.19. The Bertz CT molecular complexity index is 780. The van der Waals surface area contributed by atoms with Gasteiger partial charge in [0.1, 0.15) is 0 Å². The molecule has 2 heterocycles. The summed E-state index contributed by atoms with van der Waals surface area (Å²) >= 11 is 0. The molecule has 0 radical (unpaired) electrons. The second kappa shape index (κ2) is 7.13. The van der Waals surface area contributed by atoms with Gasteiger partial charge in [-0.15, -0.1) is 0 Å². The third-order valence-corrected chi connectivity index (χ3v) is 4.87. The molecule has 1 fully saturated rings. The van der Waals surface area contributed by atoms with Crippen molar-refractivity contribution in [3.63, 3.8) is 0 Å². The fraction of sp³-hybridized carbons (Fsp3) is 0.400. The minimum Gasteiger partial charge on any atom is -0.459 e. The van der Waals surface area contributed by atoms with Crippen molar-refractivity contribution in [3.8, 4) is 0 Å². The van der Waals surface area contributed by atoms with Gasteiger partial charge in [-0.1, -0.05) is 6.07 Å². The lowest BCUT2D eigenvalue weighted by molar-refractivity contribution is 0.0700. The third kappa shape index (κ3) is 3.60. The van der Waals surface area contributed by atoms with Gasteiger partial charge in [-0.25, -0.2) is 0 Å². The monoisotopic (exact) mass is 340 g/mol. The molecule has 5 heteroatoms. The van der Waals surface area contributed by atoms with Gasteiger partial charge in [-0.3, -0.25) is 9.59 Å². The fourth-order valence-electron chi connectivity index (χ4n) is 3.24. The van der Waals surface area contributed by atoms with Gasteiger partial charge in [-0.2, -0.15) is 0 Å². The maximum Gasteiger partial charge on any atom is 0.289 e. The Morgan fingerprint density at radius 1 is 0.880 bits per heavy atom. The first-order chi connectivity index (χ1) is 12.0. The van der Waals surface area contributed by atoms with Crippen molar-refractivity contribution in [1.29, 1.82) is 0 Å². The average molecular weight is 340 g/mol. The van der Waals surface area contributed by atoms with Crippen molar-refractivity contribution in [2.75, 3.05) is 26.2 Å². The van der Waals surface area contributed by atoms with Crippen LogP contribution in [-0.4, -0.2) is 47.8 Å². The Hall–Kier alpha value is -2.56. The molecule has 1 saturated heterocycles. The number of hydrogen-bond donors (Lipinski definition) is 0. The van der Waals surface area contributed by atoms with E-state index in [1.54, 1.807) is 17.0 Å². The van der Waals surface area contributed by atoms with E-state index < -0.39 is 0 Å². The summed E-state index contributed by atoms with van der Waals surface area (Å²) in [7, 11) is 0. The molecular weight excluding hydrogens is 316 g/mol. The van der Waals surface area contributed by atoms with Gasteiger partial charge in [-0.05, 0) is 62.1 Å². The molecule has 0 bridgehead atoms. The molecule has 3 rings (SSSR count). The van der Waals surface area contributed by atoms with E-state index in [9.17, 15) is 9.59 Å². The van der Waals surface area contributed by atoms with E-state index in [2.05, 4.69) is 13.0 Å². The number of benzene rings is 1. The zero-order chi connectivity index (χ0) is 18.0. The number of carbonyl (C=O) groups is 2. The highest BCUT2D eigenvalue weighted by atomic mass is 16.3. The fourth-order valence-corrected chi connectivity index (χ4v) is 3.24. The smallest absolute Gasteiger partial charge is 0.289 e. The number of carbonyl (C=O) groups excluding carboxylic acids is 2. The normalized spacial score (nSPS) is 15.2. The summed E-state index contributed by atoms with van der Waals surface area (Å²) in [6.45, 7) is 8.41. The van der Waals surface area contributed by atoms with Gasteiger partial charge in [0.15, 0.2) is 5.76 Å². The van der Waals surface area contributed by atoms with Crippen LogP contribution in [0.5, 0.6) is 0 Å². The molecule has 0 unspecified atom stereocenters. The second-order valence-corrected chi connectivity index (χ2v) is 6.67. The van der Waals surface area contributed by atoms with Crippen molar-refractivity contribution < 1.29 is 14.0 Å². The zero-order valence-electron chi connectivity index (χ0n) is 15.0. The topological polar surface area (TPSA) is 53.8 Å². The lowest BCUT2D eigenvalue weighted by atomic mass is 10.00. The van der Waals surface area contributed by atoms with E-state index >= 15 is 0 Å². The lowest BCUT2D eigenvalue weighted by Crippen LogP contribution is -2.37. The first kappa shape index (κ1) is 17.3. The minimum atomic E-state index is -0.110. The summed E-state index contributed by atoms with van der Waals surface area (Å²) in [4.78, 5) is 29.0. The van der Waals surface area contributed by atoms with Crippen LogP contribution >= 0.6 is 0 Å². The average Bonchev–Trinajstić information content (AvgIpc) is 3.01. The van der Waals surface area contributed by atoms with E-state index in [0.29, 0.717) is 31.9 Å². The van der Waals surface area contributed by atoms with Crippen LogP contribution in [0.4, 0.5) is 0 Å². The maximum absolute atomic E-state index is 12.9. The first-order valence-corrected chi connectivity index (χ1v) is 8.67. The van der Waals surface area contributed by atoms with E-state index in [4.69, 9.17) is 4.42 Å². The van der Waals surface area contributed by atoms with E-state index in [-0.39, 0.29) is 11.8 Å². The molecule has 0 atom stereocenters. The summed E-state index contributed by atoms with van der Waals surface area (Å²) in [5, 5.41) is 0. The summed E-state index contributed by atoms with van der Waals surface area (Å²) in [6.07, 6.45) is 2.27. The minimum absolute atomic E-state index is 0.0490. The predicted molar refractivity (Wildman–Crippen MR) is 95.8 cm³/mol. The number of aryl methyl sites for hydroxylation is 3. The highest BCUT2D eigenvalue weighted by Crippen LogP contribution is 2.18. The number of furan rings is 1. The molecule has 1 aliphatic rings. The van der Waals surface area contributed by atoms with Crippen LogP contribution in [0.15, 0.2) is 34.9 Å². The van der Waals surface area contributed by atoms with Crippen LogP contribution in [0.3, 0.4) is 0 Å². The Labute approximate surface area is 148 Å². The van der Waals surface area contributed by atoms with Crippen molar-refractivity contribution in [2.24, 2.45) is 0 Å². The maximum atomic E-state index is 12.9. The van der Waals surface area contributed by atoms with E-state index in [1.165, 1.54) is 11.8 Å². The molecule has 0 aliphatic carbocycles. The molecule has 2 amide bonds. The molecule has 5 nitrogen and oxygen atoms in total. The Balaban J connectivity index is 1.72. The molecule has 0 N–H and O–H groups in total. The Kier molecular flexibility index (Phi) is 4.93. The van der Waals surface area contributed by atoms with Crippen molar-refractivity contribution >= 4 is 11.8 Å². The molecule has 1 aromatic carbocycles. The Morgan fingerprint density at radius 3 is 2.16 bits per heavy atom. The highest BCUT2D eigenvalue weighted by Gasteiger charge is 2.25. The van der Waals surface area contributed by atoms with Crippen LogP contribution in [0.2, 0.25) is 0 Å². The largest absolute Gasteiger partial charge is 0.459 e. The molecule has 2 aromatic rings. The number of hydrogen-bond acceptors (Lipinski definition) is 3. The second-order valence-electron chi connectivity index (χ2n) is 6.67. The molecular formula is C20H24N2O3. The van der Waals surface area contributed by atoms with Crippen molar-refractivity contribution in [3.05, 3.63) is 58.5 Å². The zero-order valence-corrected chi connectivity index (χ0v) is 15.0. The summed E-state index contributed by atoms with van der Waals surface area (Å²) in [5.74, 6) is 0.291. The first-order valence-electron chi connectivity index (χ1n) is 8.67. The molecule has 132 valence electrons. The van der Waals surface area contributed by atoms with Gasteiger partial charge in [0.25, 0.3) is 11.8 Å². The van der Waals surface area contributed by atoms with Crippen LogP contribution in [0, 0.1) is 20.8 Å². The van der Waals surface area contributed by atoms with Crippen LogP contribution < -0.4 is 0 Å². The quantitative estimate of drug-likeness (QED) is 0.844. The van der Waals surface area contributed by atoms with Gasteiger partial charge in [0, 0.05) is 31.7 Å². The molecule has 0 spiro atoms. The highest BCUT2D eigenvalue weighted by molar-refractivity contribution is 5.96. The number of amides is 2. The number of rotatable bonds is 2. The van der Waals surface area contributed by atoms with Gasteiger partial charge in [0.05, 0.1) is 6.26 Å². The molecule has 0 saturated carbocycles. The van der Waals surface area contributed by atoms with Crippen LogP contribution in [0.1, 0.15) is 44.0 Å². The molecule has 1 aromatic heterocycles. The summed E-state index contributed by atoms with van der Waals surface area (Å²) in [6, 6.07) is 7.43.